The molecule has 0 aliphatic heterocycles. The summed E-state index contributed by atoms with van der Waals surface area (Å²) in [5.74, 6) is 6.00. The van der Waals surface area contributed by atoms with Gasteiger partial charge < -0.3 is 0 Å². The zero-order valence-electron chi connectivity index (χ0n) is 8.79. The lowest BCUT2D eigenvalue weighted by Gasteiger charge is -2.03. The topological polar surface area (TPSA) is 17.1 Å². The molecule has 0 amide bonds. The Kier molecular flexibility index (Phi) is 3.48. The van der Waals surface area contributed by atoms with Gasteiger partial charge in [0.2, 0.25) is 0 Å². The van der Waals surface area contributed by atoms with Crippen LogP contribution in [0.15, 0.2) is 24.3 Å². The molecule has 1 aromatic carbocycles. The summed E-state index contributed by atoms with van der Waals surface area (Å²) in [4.78, 5) is 11.6. The van der Waals surface area contributed by atoms with E-state index in [9.17, 15) is 4.79 Å². The standard InChI is InChI=1S/C13H14O/c1-4-5-11-6-8-12(9-7-11)13(14)10(2)3/h6-10H,1-3H3. The molecule has 1 heteroatoms. The molecule has 0 heterocycles. The highest BCUT2D eigenvalue weighted by atomic mass is 16.1. The van der Waals surface area contributed by atoms with Crippen LogP contribution < -0.4 is 0 Å². The molecule has 0 saturated carbocycles. The van der Waals surface area contributed by atoms with Gasteiger partial charge >= 0.3 is 0 Å². The average molecular weight is 186 g/mol. The number of hydrogen-bond donors (Lipinski definition) is 0. The van der Waals surface area contributed by atoms with Crippen LogP contribution in [0.1, 0.15) is 36.7 Å². The Morgan fingerprint density at radius 1 is 1.21 bits per heavy atom. The molecule has 0 aliphatic rings. The van der Waals surface area contributed by atoms with Crippen LogP contribution in [0.2, 0.25) is 0 Å². The number of hydrogen-bond acceptors (Lipinski definition) is 1. The van der Waals surface area contributed by atoms with E-state index < -0.39 is 0 Å². The van der Waals surface area contributed by atoms with Crippen LogP contribution in [0.5, 0.6) is 0 Å². The maximum absolute atomic E-state index is 11.6. The van der Waals surface area contributed by atoms with Crippen molar-refractivity contribution < 1.29 is 4.79 Å². The van der Waals surface area contributed by atoms with E-state index in [4.69, 9.17) is 0 Å². The van der Waals surface area contributed by atoms with Gasteiger partial charge in [0.05, 0.1) is 0 Å². The number of benzene rings is 1. The van der Waals surface area contributed by atoms with Gasteiger partial charge in [-0.2, -0.15) is 0 Å². The number of ketones is 1. The average Bonchev–Trinajstić information content (AvgIpc) is 2.18. The molecular formula is C13H14O. The molecule has 0 N–H and O–H groups in total. The smallest absolute Gasteiger partial charge is 0.165 e. The summed E-state index contributed by atoms with van der Waals surface area (Å²) in [6, 6.07) is 7.43. The van der Waals surface area contributed by atoms with Crippen LogP contribution in [0.25, 0.3) is 0 Å². The molecule has 0 fully saturated rings. The second kappa shape index (κ2) is 4.62. The minimum absolute atomic E-state index is 0.0538. The summed E-state index contributed by atoms with van der Waals surface area (Å²) in [6.07, 6.45) is 0. The Balaban J connectivity index is 2.92. The molecular weight excluding hydrogens is 172 g/mol. The van der Waals surface area contributed by atoms with Gasteiger partial charge in [-0.3, -0.25) is 4.79 Å². The van der Waals surface area contributed by atoms with Crippen LogP contribution in [-0.2, 0) is 0 Å². The molecule has 1 nitrogen and oxygen atoms in total. The minimum atomic E-state index is 0.0538. The summed E-state index contributed by atoms with van der Waals surface area (Å²) in [7, 11) is 0. The third kappa shape index (κ3) is 2.47. The summed E-state index contributed by atoms with van der Waals surface area (Å²) in [5, 5.41) is 0. The largest absolute Gasteiger partial charge is 0.294 e. The van der Waals surface area contributed by atoms with E-state index in [0.717, 1.165) is 11.1 Å². The fourth-order valence-corrected chi connectivity index (χ4v) is 1.20. The predicted molar refractivity (Wildman–Crippen MR) is 58.2 cm³/mol. The Labute approximate surface area is 85.1 Å². The van der Waals surface area contributed by atoms with Crippen molar-refractivity contribution >= 4 is 5.78 Å². The van der Waals surface area contributed by atoms with Crippen LogP contribution in [-0.4, -0.2) is 5.78 Å². The number of carbonyl (C=O) groups is 1. The first-order valence-electron chi connectivity index (χ1n) is 4.72. The second-order valence-corrected chi connectivity index (χ2v) is 3.47. The maximum atomic E-state index is 11.6. The van der Waals surface area contributed by atoms with Crippen molar-refractivity contribution in [1.82, 2.24) is 0 Å². The van der Waals surface area contributed by atoms with E-state index in [2.05, 4.69) is 11.8 Å². The van der Waals surface area contributed by atoms with E-state index in [0.29, 0.717) is 0 Å². The minimum Gasteiger partial charge on any atom is -0.294 e. The third-order valence-corrected chi connectivity index (χ3v) is 1.96. The van der Waals surface area contributed by atoms with Crippen molar-refractivity contribution in [3.63, 3.8) is 0 Å². The normalized spacial score (nSPS) is 9.43. The van der Waals surface area contributed by atoms with Gasteiger partial charge in [0.25, 0.3) is 0 Å². The highest BCUT2D eigenvalue weighted by Crippen LogP contribution is 2.09. The zero-order valence-corrected chi connectivity index (χ0v) is 8.79. The molecule has 0 bridgehead atoms. The first-order valence-corrected chi connectivity index (χ1v) is 4.72. The molecule has 72 valence electrons. The highest BCUT2D eigenvalue weighted by molar-refractivity contribution is 5.97. The first-order chi connectivity index (χ1) is 6.65. The van der Waals surface area contributed by atoms with Gasteiger partial charge in [0, 0.05) is 17.0 Å². The van der Waals surface area contributed by atoms with Crippen LogP contribution in [0, 0.1) is 17.8 Å². The molecule has 14 heavy (non-hydrogen) atoms. The summed E-state index contributed by atoms with van der Waals surface area (Å²) < 4.78 is 0. The van der Waals surface area contributed by atoms with Crippen LogP contribution >= 0.6 is 0 Å². The van der Waals surface area contributed by atoms with Crippen molar-refractivity contribution in [2.75, 3.05) is 0 Å². The number of carbonyl (C=O) groups excluding carboxylic acids is 1. The van der Waals surface area contributed by atoms with Gasteiger partial charge in [-0.05, 0) is 19.1 Å². The van der Waals surface area contributed by atoms with Crippen molar-refractivity contribution in [3.05, 3.63) is 35.4 Å². The Morgan fingerprint density at radius 2 is 1.79 bits per heavy atom. The van der Waals surface area contributed by atoms with Gasteiger partial charge in [-0.15, -0.1) is 5.92 Å². The van der Waals surface area contributed by atoms with Crippen molar-refractivity contribution in [2.24, 2.45) is 5.92 Å². The first kappa shape index (κ1) is 10.5. The summed E-state index contributed by atoms with van der Waals surface area (Å²) in [5.41, 5.74) is 1.72. The van der Waals surface area contributed by atoms with E-state index >= 15 is 0 Å². The molecule has 0 unspecified atom stereocenters. The molecule has 0 saturated heterocycles. The fraction of sp³-hybridized carbons (Fsp3) is 0.308. The van der Waals surface area contributed by atoms with Crippen molar-refractivity contribution in [2.45, 2.75) is 20.8 Å². The second-order valence-electron chi connectivity index (χ2n) is 3.47. The highest BCUT2D eigenvalue weighted by Gasteiger charge is 2.09. The van der Waals surface area contributed by atoms with Crippen LogP contribution in [0.4, 0.5) is 0 Å². The van der Waals surface area contributed by atoms with E-state index in [1.807, 2.05) is 38.1 Å². The molecule has 0 atom stereocenters. The van der Waals surface area contributed by atoms with Gasteiger partial charge in [0.15, 0.2) is 5.78 Å². The van der Waals surface area contributed by atoms with E-state index in [-0.39, 0.29) is 11.7 Å². The lowest BCUT2D eigenvalue weighted by atomic mass is 10.0. The summed E-state index contributed by atoms with van der Waals surface area (Å²) >= 11 is 0. The molecule has 0 aliphatic carbocycles. The van der Waals surface area contributed by atoms with Gasteiger partial charge in [-0.1, -0.05) is 31.9 Å². The Morgan fingerprint density at radius 3 is 2.21 bits per heavy atom. The third-order valence-electron chi connectivity index (χ3n) is 1.96. The molecule has 0 radical (unpaired) electrons. The van der Waals surface area contributed by atoms with Crippen LogP contribution in [0.3, 0.4) is 0 Å². The van der Waals surface area contributed by atoms with Crippen molar-refractivity contribution in [3.8, 4) is 11.8 Å². The molecule has 1 aromatic rings. The molecule has 1 rings (SSSR count). The molecule has 0 spiro atoms. The number of rotatable bonds is 2. The lowest BCUT2D eigenvalue weighted by Crippen LogP contribution is -2.06. The maximum Gasteiger partial charge on any atom is 0.165 e. The van der Waals surface area contributed by atoms with Gasteiger partial charge in [0.1, 0.15) is 0 Å². The van der Waals surface area contributed by atoms with E-state index in [1.54, 1.807) is 6.92 Å². The lowest BCUT2D eigenvalue weighted by molar-refractivity contribution is 0.0939. The van der Waals surface area contributed by atoms with Crippen molar-refractivity contribution in [1.29, 1.82) is 0 Å². The van der Waals surface area contributed by atoms with E-state index in [1.165, 1.54) is 0 Å². The SMILES string of the molecule is CC#Cc1ccc(C(=O)C(C)C)cc1. The molecule has 0 aromatic heterocycles. The quantitative estimate of drug-likeness (QED) is 0.512. The monoisotopic (exact) mass is 186 g/mol. The summed E-state index contributed by atoms with van der Waals surface area (Å²) in [6.45, 7) is 5.61. The fourth-order valence-electron chi connectivity index (χ4n) is 1.20. The Hall–Kier alpha value is -1.55. The number of Topliss-reactive ketones (excluding diaryl/α,β-unsaturated/α-hetero) is 1. The van der Waals surface area contributed by atoms with Gasteiger partial charge in [-0.25, -0.2) is 0 Å². The Bertz CT molecular complexity index is 374. The predicted octanol–water partition coefficient (Wildman–Crippen LogP) is 2.90. The zero-order chi connectivity index (χ0) is 10.6.